The Morgan fingerprint density at radius 3 is 2.58 bits per heavy atom. The minimum absolute atomic E-state index is 0.0901. The third-order valence-corrected chi connectivity index (χ3v) is 4.25. The highest BCUT2D eigenvalue weighted by molar-refractivity contribution is 9.10. The lowest BCUT2D eigenvalue weighted by Crippen LogP contribution is -2.06. The predicted molar refractivity (Wildman–Crippen MR) is 86.9 cm³/mol. The van der Waals surface area contributed by atoms with E-state index in [1.807, 2.05) is 0 Å². The molecule has 0 aliphatic rings. The normalized spacial score (nSPS) is 10.6. The largest absolute Gasteiger partial charge is 0.507 e. The Balaban J connectivity index is 2.47. The summed E-state index contributed by atoms with van der Waals surface area (Å²) in [6, 6.07) is 4.29. The molecule has 7 nitrogen and oxygen atoms in total. The number of aromatic hydroxyl groups is 2. The van der Waals surface area contributed by atoms with Crippen molar-refractivity contribution in [2.45, 2.75) is 19.3 Å². The van der Waals surface area contributed by atoms with Crippen molar-refractivity contribution in [3.05, 3.63) is 34.0 Å². The van der Waals surface area contributed by atoms with Gasteiger partial charge in [-0.05, 0) is 33.6 Å². The molecule has 0 radical (unpaired) electrons. The van der Waals surface area contributed by atoms with Crippen molar-refractivity contribution < 1.29 is 34.1 Å². The fourth-order valence-corrected chi connectivity index (χ4v) is 2.67. The molecule has 2 rings (SSSR count). The van der Waals surface area contributed by atoms with Gasteiger partial charge in [-0.3, -0.25) is 9.59 Å². The van der Waals surface area contributed by atoms with Crippen LogP contribution in [0.1, 0.15) is 17.7 Å². The highest BCUT2D eigenvalue weighted by atomic mass is 79.9. The summed E-state index contributed by atoms with van der Waals surface area (Å²) in [6.45, 7) is 0. The lowest BCUT2D eigenvalue weighted by molar-refractivity contribution is -0.140. The number of aryl methyl sites for hydroxylation is 1. The van der Waals surface area contributed by atoms with Crippen molar-refractivity contribution in [3.8, 4) is 22.8 Å². The molecule has 0 saturated heterocycles. The van der Waals surface area contributed by atoms with Crippen molar-refractivity contribution in [1.82, 2.24) is 0 Å². The second kappa shape index (κ2) is 7.39. The number of benzene rings is 1. The first-order valence-electron chi connectivity index (χ1n) is 6.94. The van der Waals surface area contributed by atoms with Gasteiger partial charge in [0.15, 0.2) is 0 Å². The molecule has 0 bridgehead atoms. The number of rotatable bonds is 6. The van der Waals surface area contributed by atoms with Crippen LogP contribution in [0.4, 0.5) is 0 Å². The Bertz CT molecular complexity index is 779. The van der Waals surface area contributed by atoms with Crippen molar-refractivity contribution >= 4 is 27.9 Å². The first kappa shape index (κ1) is 17.9. The molecule has 24 heavy (non-hydrogen) atoms. The number of carbonyl (C=O) groups is 2. The van der Waals surface area contributed by atoms with Crippen LogP contribution >= 0.6 is 15.9 Å². The van der Waals surface area contributed by atoms with Crippen LogP contribution in [0.5, 0.6) is 11.5 Å². The third-order valence-electron chi connectivity index (χ3n) is 3.36. The van der Waals surface area contributed by atoms with Crippen LogP contribution in [-0.4, -0.2) is 34.4 Å². The number of phenols is 2. The molecule has 0 aliphatic heterocycles. The molecule has 0 amide bonds. The molecule has 0 spiro atoms. The Kier molecular flexibility index (Phi) is 5.50. The van der Waals surface area contributed by atoms with E-state index in [9.17, 15) is 19.8 Å². The summed E-state index contributed by atoms with van der Waals surface area (Å²) in [4.78, 5) is 22.2. The number of esters is 1. The number of aliphatic carboxylic acids is 1. The van der Waals surface area contributed by atoms with Crippen LogP contribution in [0.2, 0.25) is 0 Å². The van der Waals surface area contributed by atoms with E-state index in [-0.39, 0.29) is 46.6 Å². The Labute approximate surface area is 145 Å². The smallest absolute Gasteiger partial charge is 0.310 e. The average Bonchev–Trinajstić information content (AvgIpc) is 2.98. The molecule has 1 aromatic heterocycles. The molecule has 0 aliphatic carbocycles. The number of methoxy groups -OCH3 is 1. The van der Waals surface area contributed by atoms with Crippen LogP contribution in [-0.2, 0) is 27.2 Å². The summed E-state index contributed by atoms with van der Waals surface area (Å²) in [5.41, 5.74) is 0.533. The monoisotopic (exact) mass is 398 g/mol. The number of carboxylic acid groups (broad SMARTS) is 1. The van der Waals surface area contributed by atoms with Gasteiger partial charge in [0.25, 0.3) is 0 Å². The highest BCUT2D eigenvalue weighted by Crippen LogP contribution is 2.43. The number of ether oxygens (including phenoxy) is 1. The fraction of sp³-hybridized carbons (Fsp3) is 0.250. The van der Waals surface area contributed by atoms with Gasteiger partial charge in [0, 0.05) is 12.5 Å². The van der Waals surface area contributed by atoms with Gasteiger partial charge in [-0.1, -0.05) is 0 Å². The van der Waals surface area contributed by atoms with Gasteiger partial charge >= 0.3 is 11.9 Å². The summed E-state index contributed by atoms with van der Waals surface area (Å²) >= 11 is 3.19. The van der Waals surface area contributed by atoms with Gasteiger partial charge in [0.05, 0.1) is 30.0 Å². The Hall–Kier alpha value is -2.48. The van der Waals surface area contributed by atoms with Crippen molar-refractivity contribution in [2.24, 2.45) is 0 Å². The summed E-state index contributed by atoms with van der Waals surface area (Å²) in [7, 11) is 1.23. The van der Waals surface area contributed by atoms with Crippen molar-refractivity contribution in [2.75, 3.05) is 7.11 Å². The molecule has 1 aromatic carbocycles. The maximum Gasteiger partial charge on any atom is 0.310 e. The number of hydrogen-bond acceptors (Lipinski definition) is 6. The molecular weight excluding hydrogens is 384 g/mol. The van der Waals surface area contributed by atoms with Crippen LogP contribution < -0.4 is 0 Å². The summed E-state index contributed by atoms with van der Waals surface area (Å²) in [5, 5.41) is 28.7. The molecule has 0 fully saturated rings. The molecule has 1 heterocycles. The van der Waals surface area contributed by atoms with E-state index in [0.29, 0.717) is 11.3 Å². The van der Waals surface area contributed by atoms with Gasteiger partial charge in [0.2, 0.25) is 0 Å². The van der Waals surface area contributed by atoms with E-state index < -0.39 is 11.9 Å². The Morgan fingerprint density at radius 1 is 1.25 bits per heavy atom. The Morgan fingerprint density at radius 2 is 1.96 bits per heavy atom. The lowest BCUT2D eigenvalue weighted by Gasteiger charge is -2.12. The SMILES string of the molecule is COC(=O)Cc1c(Br)c(O)cc(O)c1-c1ccc(CCC(=O)O)o1. The van der Waals surface area contributed by atoms with Crippen LogP contribution in [0.3, 0.4) is 0 Å². The first-order chi connectivity index (χ1) is 11.3. The first-order valence-corrected chi connectivity index (χ1v) is 7.73. The van der Waals surface area contributed by atoms with E-state index in [4.69, 9.17) is 9.52 Å². The van der Waals surface area contributed by atoms with Crippen LogP contribution in [0.25, 0.3) is 11.3 Å². The van der Waals surface area contributed by atoms with Crippen LogP contribution in [0.15, 0.2) is 27.1 Å². The predicted octanol–water partition coefficient (Wildman–Crippen LogP) is 2.85. The zero-order valence-corrected chi connectivity index (χ0v) is 14.3. The lowest BCUT2D eigenvalue weighted by atomic mass is 10.0. The van der Waals surface area contributed by atoms with Gasteiger partial charge in [-0.15, -0.1) is 0 Å². The van der Waals surface area contributed by atoms with Gasteiger partial charge in [-0.2, -0.15) is 0 Å². The second-order valence-corrected chi connectivity index (χ2v) is 5.79. The molecule has 8 heteroatoms. The average molecular weight is 399 g/mol. The number of hydrogen-bond donors (Lipinski definition) is 3. The zero-order valence-electron chi connectivity index (χ0n) is 12.7. The number of phenolic OH excluding ortho intramolecular Hbond substituents is 2. The number of halogens is 1. The second-order valence-electron chi connectivity index (χ2n) is 4.99. The zero-order chi connectivity index (χ0) is 17.9. The molecule has 0 saturated carbocycles. The number of carbonyl (C=O) groups excluding carboxylic acids is 1. The van der Waals surface area contributed by atoms with Gasteiger partial charge < -0.3 is 24.5 Å². The van der Waals surface area contributed by atoms with Gasteiger partial charge in [0.1, 0.15) is 23.0 Å². The molecule has 0 atom stereocenters. The van der Waals surface area contributed by atoms with Crippen molar-refractivity contribution in [3.63, 3.8) is 0 Å². The van der Waals surface area contributed by atoms with Crippen LogP contribution in [0, 0.1) is 0 Å². The number of furan rings is 1. The van der Waals surface area contributed by atoms with Gasteiger partial charge in [-0.25, -0.2) is 0 Å². The quantitative estimate of drug-likeness (QED) is 0.640. The molecule has 2 aromatic rings. The standard InChI is InChI=1S/C16H15BrO7/c1-23-14(22)6-9-15(10(18)7-11(19)16(9)17)12-4-2-8(24-12)3-5-13(20)21/h2,4,7,18-19H,3,5-6H2,1H3,(H,20,21). The molecule has 0 unspecified atom stereocenters. The van der Waals surface area contributed by atoms with Crippen molar-refractivity contribution in [1.29, 1.82) is 0 Å². The third kappa shape index (κ3) is 3.88. The topological polar surface area (TPSA) is 117 Å². The molecule has 3 N–H and O–H groups in total. The summed E-state index contributed by atoms with van der Waals surface area (Å²) in [6.07, 6.45) is -0.0888. The van der Waals surface area contributed by atoms with E-state index in [1.165, 1.54) is 7.11 Å². The summed E-state index contributed by atoms with van der Waals surface area (Å²) < 4.78 is 10.4. The maximum atomic E-state index is 11.6. The van der Waals surface area contributed by atoms with E-state index >= 15 is 0 Å². The van der Waals surface area contributed by atoms with E-state index in [1.54, 1.807) is 12.1 Å². The minimum atomic E-state index is -0.949. The molecular formula is C16H15BrO7. The number of carboxylic acids is 1. The maximum absolute atomic E-state index is 11.6. The molecule has 128 valence electrons. The summed E-state index contributed by atoms with van der Waals surface area (Å²) in [5.74, 6) is -1.32. The minimum Gasteiger partial charge on any atom is -0.507 e. The fourth-order valence-electron chi connectivity index (χ4n) is 2.22. The van der Waals surface area contributed by atoms with E-state index in [2.05, 4.69) is 20.7 Å². The highest BCUT2D eigenvalue weighted by Gasteiger charge is 2.22. The van der Waals surface area contributed by atoms with E-state index in [0.717, 1.165) is 6.07 Å².